The van der Waals surface area contributed by atoms with Crippen LogP contribution < -0.4 is 0 Å². The molecule has 16 heavy (non-hydrogen) atoms. The van der Waals surface area contributed by atoms with E-state index in [0.717, 1.165) is 20.7 Å². The summed E-state index contributed by atoms with van der Waals surface area (Å²) in [5.41, 5.74) is 0.866. The largest absolute Gasteiger partial charge is 0.507 e. The minimum absolute atomic E-state index is 0.314. The minimum Gasteiger partial charge on any atom is -0.507 e. The summed E-state index contributed by atoms with van der Waals surface area (Å²) >= 11 is 1.59. The SMILES string of the molecule is Oc1ccccc1-c1cc2cccnc2s1. The summed E-state index contributed by atoms with van der Waals surface area (Å²) in [6.45, 7) is 0. The van der Waals surface area contributed by atoms with Gasteiger partial charge >= 0.3 is 0 Å². The molecule has 0 aliphatic heterocycles. The van der Waals surface area contributed by atoms with Crippen molar-refractivity contribution in [2.75, 3.05) is 0 Å². The van der Waals surface area contributed by atoms with Crippen LogP contribution in [0.4, 0.5) is 0 Å². The molecule has 0 spiro atoms. The topological polar surface area (TPSA) is 33.1 Å². The number of hydrogen-bond acceptors (Lipinski definition) is 3. The van der Waals surface area contributed by atoms with Gasteiger partial charge in [0, 0.05) is 22.0 Å². The molecule has 0 fully saturated rings. The summed E-state index contributed by atoms with van der Waals surface area (Å²) in [4.78, 5) is 6.34. The van der Waals surface area contributed by atoms with Gasteiger partial charge in [0.1, 0.15) is 10.6 Å². The van der Waals surface area contributed by atoms with E-state index in [2.05, 4.69) is 11.1 Å². The van der Waals surface area contributed by atoms with Gasteiger partial charge in [0.2, 0.25) is 0 Å². The number of fused-ring (bicyclic) bond motifs is 1. The molecule has 0 amide bonds. The van der Waals surface area contributed by atoms with Crippen molar-refractivity contribution in [2.24, 2.45) is 0 Å². The third kappa shape index (κ3) is 1.46. The third-order valence-electron chi connectivity index (χ3n) is 2.46. The monoisotopic (exact) mass is 227 g/mol. The quantitative estimate of drug-likeness (QED) is 0.688. The number of aromatic nitrogens is 1. The van der Waals surface area contributed by atoms with Crippen molar-refractivity contribution in [1.82, 2.24) is 4.98 Å². The van der Waals surface area contributed by atoms with E-state index in [1.165, 1.54) is 0 Å². The molecule has 0 aliphatic carbocycles. The number of phenolic OH excluding ortho intramolecular Hbond substituents is 1. The second-order valence-corrected chi connectivity index (χ2v) is 4.56. The molecular formula is C13H9NOS. The number of benzene rings is 1. The lowest BCUT2D eigenvalue weighted by Gasteiger charge is -1.99. The lowest BCUT2D eigenvalue weighted by Crippen LogP contribution is -1.72. The standard InChI is InChI=1S/C13H9NOS/c15-11-6-2-1-5-10(11)12-8-9-4-3-7-14-13(9)16-12/h1-8,15H. The van der Waals surface area contributed by atoms with Crippen LogP contribution in [-0.4, -0.2) is 10.1 Å². The highest BCUT2D eigenvalue weighted by Gasteiger charge is 2.07. The van der Waals surface area contributed by atoms with Crippen LogP contribution in [0.3, 0.4) is 0 Å². The molecule has 2 nitrogen and oxygen atoms in total. The van der Waals surface area contributed by atoms with Crippen molar-refractivity contribution in [3.05, 3.63) is 48.7 Å². The molecule has 0 aliphatic rings. The maximum Gasteiger partial charge on any atom is 0.124 e. The minimum atomic E-state index is 0.314. The maximum atomic E-state index is 9.78. The second-order valence-electron chi connectivity index (χ2n) is 3.53. The molecule has 0 saturated carbocycles. The summed E-state index contributed by atoms with van der Waals surface area (Å²) in [6.07, 6.45) is 1.79. The first-order valence-corrected chi connectivity index (χ1v) is 5.79. The average Bonchev–Trinajstić information content (AvgIpc) is 2.73. The third-order valence-corrected chi connectivity index (χ3v) is 3.56. The summed E-state index contributed by atoms with van der Waals surface area (Å²) in [5.74, 6) is 0.314. The Morgan fingerprint density at radius 2 is 1.94 bits per heavy atom. The summed E-state index contributed by atoms with van der Waals surface area (Å²) in [5, 5.41) is 10.9. The second kappa shape index (κ2) is 3.61. The zero-order valence-corrected chi connectivity index (χ0v) is 9.24. The Bertz CT molecular complexity index is 612. The summed E-state index contributed by atoms with van der Waals surface area (Å²) in [6, 6.07) is 13.4. The number of thiophene rings is 1. The molecular weight excluding hydrogens is 218 g/mol. The van der Waals surface area contributed by atoms with Crippen LogP contribution in [0.5, 0.6) is 5.75 Å². The predicted molar refractivity (Wildman–Crippen MR) is 66.7 cm³/mol. The van der Waals surface area contributed by atoms with Crippen LogP contribution in [0.1, 0.15) is 0 Å². The van der Waals surface area contributed by atoms with E-state index in [4.69, 9.17) is 0 Å². The fraction of sp³-hybridized carbons (Fsp3) is 0. The van der Waals surface area contributed by atoms with Gasteiger partial charge in [0.25, 0.3) is 0 Å². The van der Waals surface area contributed by atoms with E-state index in [9.17, 15) is 5.11 Å². The molecule has 0 atom stereocenters. The van der Waals surface area contributed by atoms with Crippen LogP contribution >= 0.6 is 11.3 Å². The van der Waals surface area contributed by atoms with Crippen molar-refractivity contribution >= 4 is 21.6 Å². The molecule has 2 aromatic heterocycles. The molecule has 2 heterocycles. The van der Waals surface area contributed by atoms with Gasteiger partial charge in [0.05, 0.1) is 0 Å². The number of phenols is 1. The van der Waals surface area contributed by atoms with Crippen LogP contribution in [0, 0.1) is 0 Å². The Morgan fingerprint density at radius 3 is 2.75 bits per heavy atom. The van der Waals surface area contributed by atoms with Crippen LogP contribution in [0.15, 0.2) is 48.7 Å². The van der Waals surface area contributed by atoms with Gasteiger partial charge in [-0.3, -0.25) is 0 Å². The van der Waals surface area contributed by atoms with E-state index in [1.54, 1.807) is 23.6 Å². The Balaban J connectivity index is 2.23. The van der Waals surface area contributed by atoms with E-state index < -0.39 is 0 Å². The average molecular weight is 227 g/mol. The predicted octanol–water partition coefficient (Wildman–Crippen LogP) is 3.67. The fourth-order valence-corrected chi connectivity index (χ4v) is 2.72. The zero-order chi connectivity index (χ0) is 11.0. The van der Waals surface area contributed by atoms with E-state index >= 15 is 0 Å². The van der Waals surface area contributed by atoms with Crippen molar-refractivity contribution in [1.29, 1.82) is 0 Å². The van der Waals surface area contributed by atoms with Gasteiger partial charge in [-0.15, -0.1) is 11.3 Å². The number of nitrogens with zero attached hydrogens (tertiary/aromatic N) is 1. The lowest BCUT2D eigenvalue weighted by atomic mass is 10.1. The number of para-hydroxylation sites is 1. The molecule has 1 aromatic carbocycles. The molecule has 78 valence electrons. The number of aromatic hydroxyl groups is 1. The number of hydrogen-bond donors (Lipinski definition) is 1. The molecule has 3 heteroatoms. The van der Waals surface area contributed by atoms with Gasteiger partial charge in [-0.05, 0) is 24.3 Å². The lowest BCUT2D eigenvalue weighted by molar-refractivity contribution is 0.477. The molecule has 0 bridgehead atoms. The van der Waals surface area contributed by atoms with Gasteiger partial charge < -0.3 is 5.11 Å². The molecule has 3 aromatic rings. The Kier molecular flexibility index (Phi) is 2.11. The van der Waals surface area contributed by atoms with Gasteiger partial charge in [-0.25, -0.2) is 4.98 Å². The molecule has 0 unspecified atom stereocenters. The Morgan fingerprint density at radius 1 is 1.06 bits per heavy atom. The molecule has 3 rings (SSSR count). The first kappa shape index (κ1) is 9.36. The fourth-order valence-electron chi connectivity index (χ4n) is 1.69. The van der Waals surface area contributed by atoms with Crippen molar-refractivity contribution in [2.45, 2.75) is 0 Å². The highest BCUT2D eigenvalue weighted by Crippen LogP contribution is 2.36. The maximum absolute atomic E-state index is 9.78. The van der Waals surface area contributed by atoms with Gasteiger partial charge in [0.15, 0.2) is 0 Å². The van der Waals surface area contributed by atoms with Crippen molar-refractivity contribution < 1.29 is 5.11 Å². The van der Waals surface area contributed by atoms with Gasteiger partial charge in [-0.1, -0.05) is 18.2 Å². The Labute approximate surface area is 96.8 Å². The van der Waals surface area contributed by atoms with E-state index in [-0.39, 0.29) is 0 Å². The number of pyridine rings is 1. The zero-order valence-electron chi connectivity index (χ0n) is 8.42. The summed E-state index contributed by atoms with van der Waals surface area (Å²) < 4.78 is 0. The number of rotatable bonds is 1. The highest BCUT2D eigenvalue weighted by atomic mass is 32.1. The van der Waals surface area contributed by atoms with Crippen molar-refractivity contribution in [3.8, 4) is 16.2 Å². The van der Waals surface area contributed by atoms with Crippen LogP contribution in [0.2, 0.25) is 0 Å². The smallest absolute Gasteiger partial charge is 0.124 e. The van der Waals surface area contributed by atoms with Crippen LogP contribution in [0.25, 0.3) is 20.7 Å². The highest BCUT2D eigenvalue weighted by molar-refractivity contribution is 7.21. The Hall–Kier alpha value is -1.87. The van der Waals surface area contributed by atoms with Crippen molar-refractivity contribution in [3.63, 3.8) is 0 Å². The normalized spacial score (nSPS) is 10.8. The first-order valence-electron chi connectivity index (χ1n) is 4.97. The van der Waals surface area contributed by atoms with E-state index in [1.807, 2.05) is 30.3 Å². The molecule has 1 N–H and O–H groups in total. The van der Waals surface area contributed by atoms with Crippen LogP contribution in [-0.2, 0) is 0 Å². The van der Waals surface area contributed by atoms with Gasteiger partial charge in [-0.2, -0.15) is 0 Å². The molecule has 0 radical (unpaired) electrons. The first-order chi connectivity index (χ1) is 7.84. The molecule has 0 saturated heterocycles. The van der Waals surface area contributed by atoms with E-state index in [0.29, 0.717) is 5.75 Å². The summed E-state index contributed by atoms with van der Waals surface area (Å²) in [7, 11) is 0.